The van der Waals surface area contributed by atoms with Crippen LogP contribution < -0.4 is 4.74 Å². The number of halogens is 1. The highest BCUT2D eigenvalue weighted by Gasteiger charge is 2.15. The van der Waals surface area contributed by atoms with Crippen molar-refractivity contribution in [2.75, 3.05) is 5.75 Å². The van der Waals surface area contributed by atoms with Crippen LogP contribution in [0.3, 0.4) is 0 Å². The van der Waals surface area contributed by atoms with E-state index in [2.05, 4.69) is 15.3 Å². The van der Waals surface area contributed by atoms with E-state index in [4.69, 9.17) is 4.74 Å². The monoisotopic (exact) mass is 437 g/mol. The Hall–Kier alpha value is -3.13. The van der Waals surface area contributed by atoms with E-state index >= 15 is 0 Å². The Bertz CT molecular complexity index is 1070. The molecule has 4 rings (SSSR count). The van der Waals surface area contributed by atoms with Gasteiger partial charge in [0.25, 0.3) is 0 Å². The second kappa shape index (κ2) is 10.8. The van der Waals surface area contributed by atoms with Crippen LogP contribution in [-0.4, -0.2) is 30.3 Å². The van der Waals surface area contributed by atoms with Gasteiger partial charge in [-0.1, -0.05) is 48.5 Å². The highest BCUT2D eigenvalue weighted by atomic mass is 32.2. The van der Waals surface area contributed by atoms with E-state index in [0.29, 0.717) is 5.82 Å². The number of rotatable bonds is 11. The van der Waals surface area contributed by atoms with E-state index in [1.807, 2.05) is 51.8 Å². The van der Waals surface area contributed by atoms with Crippen molar-refractivity contribution < 1.29 is 9.13 Å². The fourth-order valence-electron chi connectivity index (χ4n) is 3.18. The van der Waals surface area contributed by atoms with Crippen molar-refractivity contribution in [1.82, 2.24) is 24.5 Å². The number of hydrogen-bond acceptors (Lipinski definition) is 5. The van der Waals surface area contributed by atoms with Crippen molar-refractivity contribution in [1.29, 1.82) is 0 Å². The molecule has 0 unspecified atom stereocenters. The highest BCUT2D eigenvalue weighted by Crippen LogP contribution is 2.24. The predicted molar refractivity (Wildman–Crippen MR) is 119 cm³/mol. The van der Waals surface area contributed by atoms with Crippen LogP contribution in [0.15, 0.2) is 78.2 Å². The van der Waals surface area contributed by atoms with Gasteiger partial charge in [0.2, 0.25) is 0 Å². The molecule has 0 aliphatic heterocycles. The number of aromatic nitrogens is 5. The Labute approximate surface area is 185 Å². The number of ether oxygens (including phenoxy) is 1. The molecule has 2 aromatic carbocycles. The van der Waals surface area contributed by atoms with Crippen LogP contribution in [-0.2, 0) is 13.2 Å². The van der Waals surface area contributed by atoms with Crippen molar-refractivity contribution >= 4 is 11.8 Å². The van der Waals surface area contributed by atoms with Crippen molar-refractivity contribution in [3.63, 3.8) is 0 Å². The quantitative estimate of drug-likeness (QED) is 0.240. The third kappa shape index (κ3) is 5.73. The molecule has 31 heavy (non-hydrogen) atoms. The van der Waals surface area contributed by atoms with Gasteiger partial charge in [-0.2, -0.15) is 5.10 Å². The van der Waals surface area contributed by atoms with Crippen LogP contribution in [0.5, 0.6) is 5.75 Å². The van der Waals surface area contributed by atoms with Gasteiger partial charge in [-0.3, -0.25) is 9.25 Å². The average molecular weight is 438 g/mol. The molecule has 0 bridgehead atoms. The molecule has 6 nitrogen and oxygen atoms in total. The van der Waals surface area contributed by atoms with E-state index in [0.717, 1.165) is 42.4 Å². The summed E-state index contributed by atoms with van der Waals surface area (Å²) in [5, 5.41) is 13.7. The Kier molecular flexibility index (Phi) is 7.33. The largest absolute Gasteiger partial charge is 0.483 e. The summed E-state index contributed by atoms with van der Waals surface area (Å²) in [7, 11) is 0. The number of unbranched alkanes of at least 4 members (excludes halogenated alkanes) is 2. The molecular formula is C23H24FN5OS. The molecular weight excluding hydrogens is 413 g/mol. The third-order valence-corrected chi connectivity index (χ3v) is 5.75. The van der Waals surface area contributed by atoms with Crippen molar-refractivity contribution in [3.8, 4) is 11.4 Å². The Balaban J connectivity index is 1.38. The van der Waals surface area contributed by atoms with Crippen LogP contribution in [0.25, 0.3) is 5.69 Å². The standard InChI is InChI=1S/C23H24FN5OS/c24-20-12-5-6-13-21(20)30-18-22-26-27-23(29(22)19-10-3-1-4-11-19)31-17-8-2-7-15-28-16-9-14-25-28/h1,3-6,9-14,16H,2,7-8,15,17-18H2. The minimum absolute atomic E-state index is 0.132. The molecule has 0 amide bonds. The van der Waals surface area contributed by atoms with Gasteiger partial charge in [-0.25, -0.2) is 4.39 Å². The SMILES string of the molecule is Fc1ccccc1OCc1nnc(SCCCCCn2cccn2)n1-c1ccccc1. The molecule has 2 heterocycles. The topological polar surface area (TPSA) is 57.8 Å². The van der Waals surface area contributed by atoms with Crippen LogP contribution >= 0.6 is 11.8 Å². The second-order valence-corrected chi connectivity index (χ2v) is 8.03. The molecule has 0 spiro atoms. The van der Waals surface area contributed by atoms with Crippen LogP contribution in [0.4, 0.5) is 4.39 Å². The molecule has 0 N–H and O–H groups in total. The van der Waals surface area contributed by atoms with E-state index in [-0.39, 0.29) is 12.4 Å². The summed E-state index contributed by atoms with van der Waals surface area (Å²) in [5.74, 6) is 1.39. The van der Waals surface area contributed by atoms with E-state index in [9.17, 15) is 4.39 Å². The molecule has 0 radical (unpaired) electrons. The minimum atomic E-state index is -0.391. The zero-order chi connectivity index (χ0) is 21.3. The average Bonchev–Trinajstić information content (AvgIpc) is 3.46. The minimum Gasteiger partial charge on any atom is -0.483 e. The van der Waals surface area contributed by atoms with Gasteiger partial charge in [-0.15, -0.1) is 10.2 Å². The zero-order valence-electron chi connectivity index (χ0n) is 17.1. The van der Waals surface area contributed by atoms with Crippen LogP contribution in [0.1, 0.15) is 25.1 Å². The van der Waals surface area contributed by atoms with Crippen molar-refractivity contribution in [3.05, 3.63) is 84.7 Å². The van der Waals surface area contributed by atoms with Crippen LogP contribution in [0.2, 0.25) is 0 Å². The van der Waals surface area contributed by atoms with Gasteiger partial charge in [-0.05, 0) is 43.2 Å². The lowest BCUT2D eigenvalue weighted by Gasteiger charge is -2.11. The van der Waals surface area contributed by atoms with Crippen molar-refractivity contribution in [2.24, 2.45) is 0 Å². The maximum atomic E-state index is 13.9. The fraction of sp³-hybridized carbons (Fsp3) is 0.261. The lowest BCUT2D eigenvalue weighted by atomic mass is 10.2. The summed E-state index contributed by atoms with van der Waals surface area (Å²) >= 11 is 1.67. The van der Waals surface area contributed by atoms with E-state index < -0.39 is 5.82 Å². The van der Waals surface area contributed by atoms with Gasteiger partial charge >= 0.3 is 0 Å². The summed E-state index contributed by atoms with van der Waals surface area (Å²) < 4.78 is 23.5. The fourth-order valence-corrected chi connectivity index (χ4v) is 4.15. The lowest BCUT2D eigenvalue weighted by Crippen LogP contribution is -2.07. The first-order chi connectivity index (χ1) is 15.3. The summed E-state index contributed by atoms with van der Waals surface area (Å²) in [4.78, 5) is 0. The first-order valence-electron chi connectivity index (χ1n) is 10.3. The number of para-hydroxylation sites is 2. The second-order valence-electron chi connectivity index (χ2n) is 6.97. The smallest absolute Gasteiger partial charge is 0.195 e. The number of benzene rings is 2. The molecule has 2 aromatic heterocycles. The first kappa shape index (κ1) is 21.1. The van der Waals surface area contributed by atoms with Gasteiger partial charge in [0.1, 0.15) is 6.61 Å². The normalized spacial score (nSPS) is 11.0. The molecule has 0 saturated carbocycles. The highest BCUT2D eigenvalue weighted by molar-refractivity contribution is 7.99. The Morgan fingerprint density at radius 1 is 0.903 bits per heavy atom. The lowest BCUT2D eigenvalue weighted by molar-refractivity contribution is 0.278. The Morgan fingerprint density at radius 2 is 1.74 bits per heavy atom. The van der Waals surface area contributed by atoms with Crippen LogP contribution in [0, 0.1) is 5.82 Å². The maximum Gasteiger partial charge on any atom is 0.195 e. The molecule has 8 heteroatoms. The Morgan fingerprint density at radius 3 is 2.55 bits per heavy atom. The van der Waals surface area contributed by atoms with E-state index in [1.165, 1.54) is 6.07 Å². The molecule has 0 aliphatic rings. The van der Waals surface area contributed by atoms with Gasteiger partial charge < -0.3 is 4.74 Å². The summed E-state index contributed by atoms with van der Waals surface area (Å²) in [6.45, 7) is 1.07. The first-order valence-corrected chi connectivity index (χ1v) is 11.3. The molecule has 0 aliphatic carbocycles. The van der Waals surface area contributed by atoms with Crippen molar-refractivity contribution in [2.45, 2.75) is 37.6 Å². The maximum absolute atomic E-state index is 13.9. The number of aryl methyl sites for hydroxylation is 1. The third-order valence-electron chi connectivity index (χ3n) is 4.73. The summed E-state index contributed by atoms with van der Waals surface area (Å²) in [6, 6.07) is 18.2. The number of hydrogen-bond donors (Lipinski definition) is 0. The molecule has 4 aromatic rings. The molecule has 0 atom stereocenters. The van der Waals surface area contributed by atoms with E-state index in [1.54, 1.807) is 36.2 Å². The van der Waals surface area contributed by atoms with Gasteiger partial charge in [0, 0.05) is 30.4 Å². The summed E-state index contributed by atoms with van der Waals surface area (Å²) in [6.07, 6.45) is 7.08. The van der Waals surface area contributed by atoms with Gasteiger partial charge in [0.05, 0.1) is 0 Å². The predicted octanol–water partition coefficient (Wildman–Crippen LogP) is 5.14. The van der Waals surface area contributed by atoms with Gasteiger partial charge in [0.15, 0.2) is 22.5 Å². The summed E-state index contributed by atoms with van der Waals surface area (Å²) in [5.41, 5.74) is 0.959. The molecule has 0 fully saturated rings. The number of nitrogens with zero attached hydrogens (tertiary/aromatic N) is 5. The molecule has 0 saturated heterocycles. The molecule has 160 valence electrons. The zero-order valence-corrected chi connectivity index (χ0v) is 17.9. The number of thioether (sulfide) groups is 1.